The standard InChI is InChI=1S/C18H17NO2/c20-15-12-19-17(11-10-14-6-2-1-3-7-14)16-8-4-5-9-18(16)21-13-15/h1-11,15,20H,12-13H2/b11-10+,19-17?. The molecule has 0 saturated heterocycles. The fourth-order valence-electron chi connectivity index (χ4n) is 2.21. The van der Waals surface area contributed by atoms with Gasteiger partial charge in [-0.2, -0.15) is 0 Å². The van der Waals surface area contributed by atoms with Crippen molar-refractivity contribution in [3.63, 3.8) is 0 Å². The Kier molecular flexibility index (Phi) is 4.12. The molecule has 0 aliphatic carbocycles. The summed E-state index contributed by atoms with van der Waals surface area (Å²) in [6.45, 7) is 0.624. The number of aliphatic hydroxyl groups is 1. The second-order valence-corrected chi connectivity index (χ2v) is 4.93. The molecule has 3 heteroatoms. The second-order valence-electron chi connectivity index (χ2n) is 4.93. The number of ether oxygens (including phenoxy) is 1. The van der Waals surface area contributed by atoms with E-state index in [4.69, 9.17) is 4.74 Å². The van der Waals surface area contributed by atoms with Gasteiger partial charge in [0.05, 0.1) is 12.3 Å². The first-order valence-corrected chi connectivity index (χ1v) is 7.01. The summed E-state index contributed by atoms with van der Waals surface area (Å²) < 4.78 is 5.66. The highest BCUT2D eigenvalue weighted by Crippen LogP contribution is 2.22. The second kappa shape index (κ2) is 6.37. The molecule has 106 valence electrons. The molecule has 3 rings (SSSR count). The first kappa shape index (κ1) is 13.6. The van der Waals surface area contributed by atoms with Gasteiger partial charge in [-0.25, -0.2) is 0 Å². The molecule has 0 aromatic heterocycles. The van der Waals surface area contributed by atoms with Crippen molar-refractivity contribution in [2.75, 3.05) is 13.2 Å². The average Bonchev–Trinajstić information content (AvgIpc) is 2.53. The van der Waals surface area contributed by atoms with Crippen LogP contribution in [0.2, 0.25) is 0 Å². The zero-order chi connectivity index (χ0) is 14.5. The van der Waals surface area contributed by atoms with Crippen molar-refractivity contribution in [3.05, 3.63) is 71.8 Å². The van der Waals surface area contributed by atoms with E-state index in [-0.39, 0.29) is 6.61 Å². The summed E-state index contributed by atoms with van der Waals surface area (Å²) in [5.74, 6) is 0.757. The smallest absolute Gasteiger partial charge is 0.128 e. The highest BCUT2D eigenvalue weighted by molar-refractivity contribution is 6.12. The molecule has 1 aliphatic heterocycles. The van der Waals surface area contributed by atoms with Gasteiger partial charge < -0.3 is 9.84 Å². The van der Waals surface area contributed by atoms with Gasteiger partial charge in [-0.1, -0.05) is 48.5 Å². The fraction of sp³-hybridized carbons (Fsp3) is 0.167. The summed E-state index contributed by atoms with van der Waals surface area (Å²) in [6, 6.07) is 17.8. The largest absolute Gasteiger partial charge is 0.490 e. The number of para-hydroxylation sites is 1. The lowest BCUT2D eigenvalue weighted by Crippen LogP contribution is -2.24. The molecule has 0 bridgehead atoms. The molecule has 0 radical (unpaired) electrons. The van der Waals surface area contributed by atoms with E-state index >= 15 is 0 Å². The minimum Gasteiger partial charge on any atom is -0.490 e. The Morgan fingerprint density at radius 3 is 2.62 bits per heavy atom. The lowest BCUT2D eigenvalue weighted by Gasteiger charge is -2.17. The van der Waals surface area contributed by atoms with Crippen LogP contribution in [0, 0.1) is 0 Å². The van der Waals surface area contributed by atoms with E-state index in [9.17, 15) is 5.11 Å². The Bertz CT molecular complexity index is 662. The topological polar surface area (TPSA) is 41.8 Å². The zero-order valence-corrected chi connectivity index (χ0v) is 11.6. The van der Waals surface area contributed by atoms with Crippen molar-refractivity contribution >= 4 is 11.8 Å². The first-order chi connectivity index (χ1) is 10.3. The van der Waals surface area contributed by atoms with E-state index < -0.39 is 6.10 Å². The van der Waals surface area contributed by atoms with E-state index in [1.54, 1.807) is 0 Å². The van der Waals surface area contributed by atoms with Gasteiger partial charge in [0.15, 0.2) is 0 Å². The van der Waals surface area contributed by atoms with E-state index in [1.807, 2.05) is 66.7 Å². The predicted molar refractivity (Wildman–Crippen MR) is 84.8 cm³/mol. The molecule has 0 spiro atoms. The molecule has 1 N–H and O–H groups in total. The fourth-order valence-corrected chi connectivity index (χ4v) is 2.21. The third-order valence-corrected chi connectivity index (χ3v) is 3.30. The van der Waals surface area contributed by atoms with Crippen LogP contribution in [0.4, 0.5) is 0 Å². The molecule has 21 heavy (non-hydrogen) atoms. The van der Waals surface area contributed by atoms with E-state index in [1.165, 1.54) is 0 Å². The van der Waals surface area contributed by atoms with Crippen molar-refractivity contribution in [1.82, 2.24) is 0 Å². The molecule has 1 heterocycles. The lowest BCUT2D eigenvalue weighted by atomic mass is 10.1. The molecule has 0 saturated carbocycles. The number of aliphatic hydroxyl groups excluding tert-OH is 1. The number of nitrogens with zero attached hydrogens (tertiary/aromatic N) is 1. The maximum absolute atomic E-state index is 9.79. The number of hydrogen-bond donors (Lipinski definition) is 1. The monoisotopic (exact) mass is 279 g/mol. The molecule has 0 fully saturated rings. The van der Waals surface area contributed by atoms with Gasteiger partial charge in [0, 0.05) is 5.56 Å². The maximum atomic E-state index is 9.79. The SMILES string of the molecule is OC1CN=C(/C=C/c2ccccc2)c2ccccc2OC1. The Morgan fingerprint density at radius 1 is 1.00 bits per heavy atom. The van der Waals surface area contributed by atoms with Crippen LogP contribution in [0.15, 0.2) is 65.7 Å². The highest BCUT2D eigenvalue weighted by atomic mass is 16.5. The molecule has 2 aromatic rings. The van der Waals surface area contributed by atoms with Crippen LogP contribution in [0.1, 0.15) is 11.1 Å². The minimum absolute atomic E-state index is 0.274. The minimum atomic E-state index is -0.571. The van der Waals surface area contributed by atoms with Crippen molar-refractivity contribution < 1.29 is 9.84 Å². The van der Waals surface area contributed by atoms with E-state index in [0.29, 0.717) is 6.54 Å². The highest BCUT2D eigenvalue weighted by Gasteiger charge is 2.14. The normalized spacial score (nSPS) is 18.3. The molecule has 1 unspecified atom stereocenters. The van der Waals surface area contributed by atoms with Crippen molar-refractivity contribution in [3.8, 4) is 5.75 Å². The van der Waals surface area contributed by atoms with Gasteiger partial charge in [-0.3, -0.25) is 4.99 Å². The number of hydrogen-bond acceptors (Lipinski definition) is 3. The van der Waals surface area contributed by atoms with Crippen molar-refractivity contribution in [2.24, 2.45) is 4.99 Å². The third kappa shape index (κ3) is 3.38. The Labute approximate surface area is 124 Å². The van der Waals surface area contributed by atoms with Crippen LogP contribution in [0.25, 0.3) is 6.08 Å². The number of benzene rings is 2. The van der Waals surface area contributed by atoms with Gasteiger partial charge in [0.25, 0.3) is 0 Å². The molecule has 1 aliphatic rings. The van der Waals surface area contributed by atoms with Crippen LogP contribution in [0.5, 0.6) is 5.75 Å². The van der Waals surface area contributed by atoms with Gasteiger partial charge in [-0.05, 0) is 23.8 Å². The molecule has 2 aromatic carbocycles. The number of allylic oxidation sites excluding steroid dienone is 1. The van der Waals surface area contributed by atoms with Crippen molar-refractivity contribution in [1.29, 1.82) is 0 Å². The summed E-state index contributed by atoms with van der Waals surface area (Å²) in [5.41, 5.74) is 2.89. The Balaban J connectivity index is 1.95. The van der Waals surface area contributed by atoms with Gasteiger partial charge in [-0.15, -0.1) is 0 Å². The molecular weight excluding hydrogens is 262 g/mol. The summed E-state index contributed by atoms with van der Waals surface area (Å²) in [6.07, 6.45) is 3.41. The van der Waals surface area contributed by atoms with E-state index in [0.717, 1.165) is 22.6 Å². The van der Waals surface area contributed by atoms with Crippen LogP contribution in [0.3, 0.4) is 0 Å². The summed E-state index contributed by atoms with van der Waals surface area (Å²) >= 11 is 0. The van der Waals surface area contributed by atoms with Crippen LogP contribution in [-0.4, -0.2) is 30.1 Å². The van der Waals surface area contributed by atoms with E-state index in [2.05, 4.69) is 4.99 Å². The maximum Gasteiger partial charge on any atom is 0.128 e. The summed E-state index contributed by atoms with van der Waals surface area (Å²) in [4.78, 5) is 4.52. The average molecular weight is 279 g/mol. The summed E-state index contributed by atoms with van der Waals surface area (Å²) in [5, 5.41) is 9.79. The predicted octanol–water partition coefficient (Wildman–Crippen LogP) is 2.94. The molecule has 1 atom stereocenters. The Morgan fingerprint density at radius 2 is 1.76 bits per heavy atom. The first-order valence-electron chi connectivity index (χ1n) is 7.01. The number of fused-ring (bicyclic) bond motifs is 1. The number of rotatable bonds is 2. The molecule has 3 nitrogen and oxygen atoms in total. The lowest BCUT2D eigenvalue weighted by molar-refractivity contribution is 0.113. The Hall–Kier alpha value is -2.39. The molecule has 0 amide bonds. The zero-order valence-electron chi connectivity index (χ0n) is 11.6. The summed E-state index contributed by atoms with van der Waals surface area (Å²) in [7, 11) is 0. The van der Waals surface area contributed by atoms with Crippen LogP contribution < -0.4 is 4.74 Å². The third-order valence-electron chi connectivity index (χ3n) is 3.30. The number of aliphatic imine (C=N–C) groups is 1. The van der Waals surface area contributed by atoms with Crippen LogP contribution >= 0.6 is 0 Å². The quantitative estimate of drug-likeness (QED) is 0.918. The van der Waals surface area contributed by atoms with Crippen molar-refractivity contribution in [2.45, 2.75) is 6.10 Å². The van der Waals surface area contributed by atoms with Gasteiger partial charge in [0.1, 0.15) is 18.5 Å². The van der Waals surface area contributed by atoms with Gasteiger partial charge in [0.2, 0.25) is 0 Å². The molecular formula is C18H17NO2. The van der Waals surface area contributed by atoms with Gasteiger partial charge >= 0.3 is 0 Å². The van der Waals surface area contributed by atoms with Crippen LogP contribution in [-0.2, 0) is 0 Å².